The molecule has 2 aromatic carbocycles. The van der Waals surface area contributed by atoms with Gasteiger partial charge in [0.15, 0.2) is 0 Å². The van der Waals surface area contributed by atoms with E-state index in [9.17, 15) is 4.39 Å². The second kappa shape index (κ2) is 4.51. The molecule has 0 spiro atoms. The summed E-state index contributed by atoms with van der Waals surface area (Å²) in [4.78, 5) is 1.72. The van der Waals surface area contributed by atoms with E-state index in [4.69, 9.17) is 28.6 Å². The molecule has 1 heterocycles. The maximum absolute atomic E-state index is 13.2. The predicted octanol–water partition coefficient (Wildman–Crippen LogP) is 4.48. The maximum atomic E-state index is 13.2. The van der Waals surface area contributed by atoms with Crippen molar-refractivity contribution in [2.45, 2.75) is 6.54 Å². The summed E-state index contributed by atoms with van der Waals surface area (Å²) in [6, 6.07) is 9.56. The van der Waals surface area contributed by atoms with Crippen molar-refractivity contribution in [2.24, 2.45) is 0 Å². The minimum atomic E-state index is -0.345. The van der Waals surface area contributed by atoms with Gasteiger partial charge in [0, 0.05) is 10.6 Å². The Morgan fingerprint density at radius 3 is 2.68 bits per heavy atom. The van der Waals surface area contributed by atoms with Gasteiger partial charge in [-0.25, -0.2) is 4.39 Å². The molecule has 2 nitrogen and oxygen atoms in total. The van der Waals surface area contributed by atoms with E-state index < -0.39 is 0 Å². The normalized spacial score (nSPS) is 13.8. The molecule has 0 atom stereocenters. The Labute approximate surface area is 119 Å². The predicted molar refractivity (Wildman–Crippen MR) is 75.9 cm³/mol. The minimum Gasteiger partial charge on any atom is -0.320 e. The summed E-state index contributed by atoms with van der Waals surface area (Å²) < 4.78 is 13.2. The molecule has 3 rings (SSSR count). The number of amidine groups is 1. The van der Waals surface area contributed by atoms with E-state index in [2.05, 4.69) is 0 Å². The highest BCUT2D eigenvalue weighted by Crippen LogP contribution is 2.35. The number of nitrogens with zero attached hydrogens (tertiary/aromatic N) is 1. The lowest BCUT2D eigenvalue weighted by atomic mass is 10.1. The van der Waals surface area contributed by atoms with E-state index in [-0.39, 0.29) is 11.7 Å². The molecule has 0 saturated heterocycles. The molecule has 0 aromatic heterocycles. The van der Waals surface area contributed by atoms with E-state index in [1.54, 1.807) is 29.2 Å². The van der Waals surface area contributed by atoms with Crippen molar-refractivity contribution < 1.29 is 4.39 Å². The highest BCUT2D eigenvalue weighted by atomic mass is 35.5. The van der Waals surface area contributed by atoms with Gasteiger partial charge in [-0.15, -0.1) is 0 Å². The second-order valence-corrected chi connectivity index (χ2v) is 5.18. The van der Waals surface area contributed by atoms with Gasteiger partial charge in [-0.3, -0.25) is 5.41 Å². The first-order chi connectivity index (χ1) is 9.06. The molecule has 0 saturated carbocycles. The third-order valence-electron chi connectivity index (χ3n) is 3.12. The van der Waals surface area contributed by atoms with Crippen LogP contribution in [-0.4, -0.2) is 5.84 Å². The third kappa shape index (κ3) is 2.09. The Kier molecular flexibility index (Phi) is 2.96. The van der Waals surface area contributed by atoms with Gasteiger partial charge in [0.2, 0.25) is 0 Å². The second-order valence-electron chi connectivity index (χ2n) is 4.33. The van der Waals surface area contributed by atoms with Crippen LogP contribution in [0, 0.1) is 11.2 Å². The lowest BCUT2D eigenvalue weighted by Gasteiger charge is -2.19. The van der Waals surface area contributed by atoms with Crippen LogP contribution in [0.3, 0.4) is 0 Å². The van der Waals surface area contributed by atoms with Gasteiger partial charge in [0.25, 0.3) is 0 Å². The van der Waals surface area contributed by atoms with Crippen LogP contribution in [0.1, 0.15) is 11.1 Å². The van der Waals surface area contributed by atoms with Crippen molar-refractivity contribution in [2.75, 3.05) is 4.90 Å². The molecule has 2 aromatic rings. The fourth-order valence-electron chi connectivity index (χ4n) is 2.20. The summed E-state index contributed by atoms with van der Waals surface area (Å²) in [7, 11) is 0. The zero-order chi connectivity index (χ0) is 13.6. The molecular weight excluding hydrogens is 286 g/mol. The zero-order valence-electron chi connectivity index (χ0n) is 9.75. The molecule has 0 fully saturated rings. The molecular formula is C14H9Cl2FN2. The topological polar surface area (TPSA) is 27.1 Å². The molecule has 1 aliphatic rings. The summed E-state index contributed by atoms with van der Waals surface area (Å²) >= 11 is 12.1. The SMILES string of the molecule is N=C1c2cc(F)ccc2CN1c1cc(Cl)ccc1Cl. The van der Waals surface area contributed by atoms with Crippen LogP contribution in [0.15, 0.2) is 36.4 Å². The van der Waals surface area contributed by atoms with Crippen LogP contribution < -0.4 is 4.90 Å². The van der Waals surface area contributed by atoms with Crippen molar-refractivity contribution in [3.63, 3.8) is 0 Å². The lowest BCUT2D eigenvalue weighted by Crippen LogP contribution is -2.23. The minimum absolute atomic E-state index is 0.235. The molecule has 1 N–H and O–H groups in total. The zero-order valence-corrected chi connectivity index (χ0v) is 11.3. The number of anilines is 1. The summed E-state index contributed by atoms with van der Waals surface area (Å²) in [6.07, 6.45) is 0. The molecule has 0 radical (unpaired) electrons. The Bertz CT molecular complexity index is 685. The van der Waals surface area contributed by atoms with E-state index >= 15 is 0 Å². The molecule has 1 aliphatic heterocycles. The molecule has 96 valence electrons. The Morgan fingerprint density at radius 1 is 1.11 bits per heavy atom. The van der Waals surface area contributed by atoms with Crippen molar-refractivity contribution in [3.05, 3.63) is 63.4 Å². The Morgan fingerprint density at radius 2 is 1.89 bits per heavy atom. The highest BCUT2D eigenvalue weighted by molar-refractivity contribution is 6.36. The number of halogens is 3. The average Bonchev–Trinajstić information content (AvgIpc) is 2.70. The van der Waals surface area contributed by atoms with Crippen molar-refractivity contribution in [1.29, 1.82) is 5.41 Å². The summed E-state index contributed by atoms with van der Waals surface area (Å²) in [5, 5.41) is 9.21. The summed E-state index contributed by atoms with van der Waals surface area (Å²) in [6.45, 7) is 0.495. The van der Waals surface area contributed by atoms with Crippen LogP contribution in [0.5, 0.6) is 0 Å². The average molecular weight is 295 g/mol. The smallest absolute Gasteiger partial charge is 0.133 e. The van der Waals surface area contributed by atoms with Gasteiger partial charge in [0.05, 0.1) is 17.3 Å². The number of fused-ring (bicyclic) bond motifs is 1. The Balaban J connectivity index is 2.06. The fraction of sp³-hybridized carbons (Fsp3) is 0.0714. The Hall–Kier alpha value is -1.58. The van der Waals surface area contributed by atoms with Crippen LogP contribution in [0.4, 0.5) is 10.1 Å². The molecule has 0 unspecified atom stereocenters. The van der Waals surface area contributed by atoms with Crippen molar-refractivity contribution in [1.82, 2.24) is 0 Å². The third-order valence-corrected chi connectivity index (χ3v) is 3.68. The first kappa shape index (κ1) is 12.5. The molecule has 0 bridgehead atoms. The van der Waals surface area contributed by atoms with Gasteiger partial charge >= 0.3 is 0 Å². The summed E-state index contributed by atoms with van der Waals surface area (Å²) in [5.41, 5.74) is 2.16. The largest absolute Gasteiger partial charge is 0.320 e. The quantitative estimate of drug-likeness (QED) is 0.825. The van der Waals surface area contributed by atoms with E-state index in [1.807, 2.05) is 0 Å². The van der Waals surface area contributed by atoms with E-state index in [0.717, 1.165) is 5.56 Å². The lowest BCUT2D eigenvalue weighted by molar-refractivity contribution is 0.627. The van der Waals surface area contributed by atoms with Crippen LogP contribution in [0.2, 0.25) is 10.0 Å². The first-order valence-electron chi connectivity index (χ1n) is 5.66. The van der Waals surface area contributed by atoms with E-state index in [0.29, 0.717) is 27.8 Å². The van der Waals surface area contributed by atoms with Crippen molar-refractivity contribution in [3.8, 4) is 0 Å². The van der Waals surface area contributed by atoms with Gasteiger partial charge in [-0.2, -0.15) is 0 Å². The molecule has 19 heavy (non-hydrogen) atoms. The summed E-state index contributed by atoms with van der Waals surface area (Å²) in [5.74, 6) is -0.110. The van der Waals surface area contributed by atoms with Crippen LogP contribution in [0.25, 0.3) is 0 Å². The van der Waals surface area contributed by atoms with Crippen LogP contribution >= 0.6 is 23.2 Å². The number of hydrogen-bond donors (Lipinski definition) is 1. The van der Waals surface area contributed by atoms with Gasteiger partial charge in [-0.05, 0) is 35.9 Å². The first-order valence-corrected chi connectivity index (χ1v) is 6.42. The number of rotatable bonds is 1. The number of hydrogen-bond acceptors (Lipinski definition) is 1. The maximum Gasteiger partial charge on any atom is 0.133 e. The van der Waals surface area contributed by atoms with Gasteiger partial charge in [-0.1, -0.05) is 29.3 Å². The molecule has 0 amide bonds. The molecule has 0 aliphatic carbocycles. The van der Waals surface area contributed by atoms with Gasteiger partial charge < -0.3 is 4.90 Å². The monoisotopic (exact) mass is 294 g/mol. The fourth-order valence-corrected chi connectivity index (χ4v) is 2.59. The molecule has 5 heteroatoms. The highest BCUT2D eigenvalue weighted by Gasteiger charge is 2.27. The van der Waals surface area contributed by atoms with Crippen molar-refractivity contribution >= 4 is 34.7 Å². The number of benzene rings is 2. The van der Waals surface area contributed by atoms with Gasteiger partial charge in [0.1, 0.15) is 11.7 Å². The van der Waals surface area contributed by atoms with E-state index in [1.165, 1.54) is 12.1 Å². The standard InChI is InChI=1S/C14H9Cl2FN2/c15-9-2-4-12(16)13(5-9)19-7-8-1-3-10(17)6-11(8)14(19)18/h1-6,18H,7H2. The number of nitrogens with one attached hydrogen (secondary N) is 1. The van der Waals surface area contributed by atoms with Crippen LogP contribution in [-0.2, 0) is 6.54 Å².